The number of aliphatic hydroxyl groups excluding tert-OH is 3. The minimum atomic E-state index is -3.30. The average molecular weight is 1060 g/mol. The standard InChI is InChI=1S/C53H90FN5O13S/c1-15-43-53(10,65)46(61)35(6)58(12)29-31(2)26-51(8,64)48(33(4)44(34(5)49(63)71-43)42-27-52(9,68-13)47(62)36(7)70-42)72-50-45(60)41(25-32(3)69-50)57(11)24-23-38-30-59(56-55-38)39(28-54)18-16-17-37-19-21-40(22-20-37)73(14,66)67/h19-22,30-36,39,41-48,50,60-62,64-65H,15-18,23-29H2,1-14H3/t31-,32-,33+,34-,35-,36+,39+,41+,42-,43-,44?,45-,46-,47+,48-,50+,51-,52-,53-/m1/s1. The fraction of sp³-hybridized carbons (Fsp3) is 0.830. The van der Waals surface area contributed by atoms with Gasteiger partial charge in [-0.05, 0) is 124 Å². The number of carbonyl (C=O) groups is 1. The van der Waals surface area contributed by atoms with E-state index >= 15 is 0 Å². The smallest absolute Gasteiger partial charge is 0.309 e. The number of halogens is 1. The lowest BCUT2D eigenvalue weighted by Crippen LogP contribution is -2.62. The van der Waals surface area contributed by atoms with E-state index in [1.165, 1.54) is 20.3 Å². The maximum atomic E-state index is 14.6. The summed E-state index contributed by atoms with van der Waals surface area (Å²) in [7, 11) is 1.95. The molecular formula is C53H90FN5O13S. The Morgan fingerprint density at radius 2 is 1.64 bits per heavy atom. The summed E-state index contributed by atoms with van der Waals surface area (Å²) in [6, 6.07) is 5.15. The number of likely N-dealkylation sites (N-methyl/N-ethyl adjacent to an activating group) is 2. The van der Waals surface area contributed by atoms with E-state index in [1.54, 1.807) is 76.7 Å². The molecule has 0 aliphatic carbocycles. The highest BCUT2D eigenvalue weighted by molar-refractivity contribution is 7.90. The number of nitrogens with zero attached hydrogens (tertiary/aromatic N) is 5. The summed E-state index contributed by atoms with van der Waals surface area (Å²) in [6.45, 7) is 18.0. The summed E-state index contributed by atoms with van der Waals surface area (Å²) < 4.78 is 71.8. The molecule has 1 unspecified atom stereocenters. The molecule has 2 aromatic rings. The highest BCUT2D eigenvalue weighted by Crippen LogP contribution is 2.45. The van der Waals surface area contributed by atoms with Crippen molar-refractivity contribution in [1.29, 1.82) is 0 Å². The van der Waals surface area contributed by atoms with Crippen LogP contribution in [0, 0.1) is 23.7 Å². The predicted octanol–water partition coefficient (Wildman–Crippen LogP) is 4.32. The maximum absolute atomic E-state index is 14.6. The molecule has 0 saturated carbocycles. The van der Waals surface area contributed by atoms with E-state index in [1.807, 2.05) is 44.7 Å². The zero-order valence-electron chi connectivity index (χ0n) is 45.9. The first-order chi connectivity index (χ1) is 34.0. The van der Waals surface area contributed by atoms with Crippen LogP contribution in [0.1, 0.15) is 125 Å². The minimum Gasteiger partial charge on any atom is -0.459 e. The van der Waals surface area contributed by atoms with Crippen molar-refractivity contribution in [3.05, 3.63) is 41.7 Å². The second-order valence-corrected chi connectivity index (χ2v) is 24.8. The molecule has 0 amide bonds. The van der Waals surface area contributed by atoms with Crippen LogP contribution in [0.2, 0.25) is 0 Å². The number of hydrogen-bond acceptors (Lipinski definition) is 17. The van der Waals surface area contributed by atoms with Crippen molar-refractivity contribution in [2.24, 2.45) is 23.7 Å². The third-order valence-electron chi connectivity index (χ3n) is 16.6. The average Bonchev–Trinajstić information content (AvgIpc) is 3.80. The topological polar surface area (TPSA) is 236 Å². The first kappa shape index (κ1) is 61.1. The van der Waals surface area contributed by atoms with Gasteiger partial charge in [-0.15, -0.1) is 5.10 Å². The Kier molecular flexibility index (Phi) is 21.1. The molecule has 418 valence electrons. The molecule has 0 spiro atoms. The number of sulfone groups is 1. The van der Waals surface area contributed by atoms with Crippen LogP contribution in [0.3, 0.4) is 0 Å². The number of esters is 1. The number of methoxy groups -OCH3 is 1. The van der Waals surface area contributed by atoms with Crippen molar-refractivity contribution in [3.63, 3.8) is 0 Å². The van der Waals surface area contributed by atoms with Crippen LogP contribution in [0.4, 0.5) is 4.39 Å². The molecule has 3 aliphatic rings. The van der Waals surface area contributed by atoms with Crippen LogP contribution < -0.4 is 0 Å². The molecule has 0 bridgehead atoms. The van der Waals surface area contributed by atoms with Crippen molar-refractivity contribution >= 4 is 15.8 Å². The maximum Gasteiger partial charge on any atom is 0.309 e. The van der Waals surface area contributed by atoms with E-state index < -0.39 is 124 Å². The summed E-state index contributed by atoms with van der Waals surface area (Å²) in [4.78, 5) is 18.8. The summed E-state index contributed by atoms with van der Waals surface area (Å²) in [6.07, 6.45) is -2.56. The lowest BCUT2D eigenvalue weighted by Gasteiger charge is -2.51. The molecule has 0 radical (unpaired) electrons. The van der Waals surface area contributed by atoms with Crippen LogP contribution in [0.25, 0.3) is 0 Å². The Balaban J connectivity index is 1.40. The van der Waals surface area contributed by atoms with Crippen LogP contribution >= 0.6 is 0 Å². The SMILES string of the molecule is CC[C@H]1OC(=O)[C@H](C)C([C@H]2C[C@@](C)(OC)[C@@H](O)[C@H](C)O2)[C@H](C)[C@@H](O[C@@H]2O[C@H](C)C[C@H](N(C)CCc3cn([C@H](CF)CCCc4ccc(S(C)(=O)=O)cc4)nn3)[C@H]2O)[C@](C)(O)C[C@@H](C)CN(C)[C@H](C)[C@@H](O)[C@]1(C)O. The molecule has 1 aromatic carbocycles. The number of carbonyl (C=O) groups excluding carboxylic acids is 1. The van der Waals surface area contributed by atoms with Crippen LogP contribution in [0.15, 0.2) is 35.4 Å². The highest BCUT2D eigenvalue weighted by atomic mass is 32.2. The third kappa shape index (κ3) is 14.7. The summed E-state index contributed by atoms with van der Waals surface area (Å²) >= 11 is 0. The Bertz CT molecular complexity index is 2170. The Morgan fingerprint density at radius 3 is 2.25 bits per heavy atom. The van der Waals surface area contributed by atoms with E-state index in [0.29, 0.717) is 50.9 Å². The number of aliphatic hydroxyl groups is 5. The summed E-state index contributed by atoms with van der Waals surface area (Å²) in [5.41, 5.74) is -2.92. The van der Waals surface area contributed by atoms with E-state index in [9.17, 15) is 43.1 Å². The molecule has 1 aromatic heterocycles. The molecule has 3 fully saturated rings. The zero-order chi connectivity index (χ0) is 54.5. The van der Waals surface area contributed by atoms with Crippen LogP contribution in [-0.2, 0) is 51.2 Å². The predicted molar refractivity (Wildman–Crippen MR) is 273 cm³/mol. The largest absolute Gasteiger partial charge is 0.459 e. The molecule has 5 rings (SSSR count). The second-order valence-electron chi connectivity index (χ2n) is 22.8. The Morgan fingerprint density at radius 1 is 0.986 bits per heavy atom. The van der Waals surface area contributed by atoms with E-state index in [-0.39, 0.29) is 36.2 Å². The number of rotatable bonds is 16. The second kappa shape index (κ2) is 25.2. The van der Waals surface area contributed by atoms with E-state index in [2.05, 4.69) is 10.3 Å². The van der Waals surface area contributed by atoms with Gasteiger partial charge in [0.1, 0.15) is 36.7 Å². The summed E-state index contributed by atoms with van der Waals surface area (Å²) in [5, 5.41) is 68.7. The molecule has 3 aliphatic heterocycles. The highest BCUT2D eigenvalue weighted by Gasteiger charge is 2.55. The number of cyclic esters (lactones) is 1. The molecule has 5 N–H and O–H groups in total. The summed E-state index contributed by atoms with van der Waals surface area (Å²) in [5.74, 6) is -3.26. The van der Waals surface area contributed by atoms with E-state index in [0.717, 1.165) is 5.56 Å². The lowest BCUT2D eigenvalue weighted by atomic mass is 9.68. The first-order valence-corrected chi connectivity index (χ1v) is 28.3. The molecular weight excluding hydrogens is 966 g/mol. The van der Waals surface area contributed by atoms with Gasteiger partial charge in [-0.25, -0.2) is 17.5 Å². The lowest BCUT2D eigenvalue weighted by molar-refractivity contribution is -0.302. The van der Waals surface area contributed by atoms with Gasteiger partial charge in [0.15, 0.2) is 16.1 Å². The van der Waals surface area contributed by atoms with Crippen LogP contribution in [0.5, 0.6) is 0 Å². The number of aromatic nitrogens is 3. The monoisotopic (exact) mass is 1060 g/mol. The van der Waals surface area contributed by atoms with Gasteiger partial charge in [0.2, 0.25) is 0 Å². The quantitative estimate of drug-likeness (QED) is 0.147. The van der Waals surface area contributed by atoms with Gasteiger partial charge in [0, 0.05) is 63.5 Å². The molecule has 18 nitrogen and oxygen atoms in total. The van der Waals surface area contributed by atoms with Crippen LogP contribution in [-0.4, -0.2) is 196 Å². The van der Waals surface area contributed by atoms with Crippen molar-refractivity contribution in [1.82, 2.24) is 24.8 Å². The van der Waals surface area contributed by atoms with Gasteiger partial charge in [0.05, 0.1) is 58.2 Å². The van der Waals surface area contributed by atoms with Gasteiger partial charge >= 0.3 is 5.97 Å². The van der Waals surface area contributed by atoms with Crippen molar-refractivity contribution in [3.8, 4) is 0 Å². The Labute approximate surface area is 434 Å². The zero-order valence-corrected chi connectivity index (χ0v) is 46.7. The fourth-order valence-electron chi connectivity index (χ4n) is 12.0. The normalized spacial score (nSPS) is 39.4. The van der Waals surface area contributed by atoms with Gasteiger partial charge < -0.3 is 59.0 Å². The molecule has 4 heterocycles. The van der Waals surface area contributed by atoms with Crippen molar-refractivity contribution in [2.75, 3.05) is 47.2 Å². The number of benzene rings is 1. The van der Waals surface area contributed by atoms with Gasteiger partial charge in [-0.2, -0.15) is 0 Å². The fourth-order valence-corrected chi connectivity index (χ4v) is 12.6. The first-order valence-electron chi connectivity index (χ1n) is 26.4. The number of aryl methyl sites for hydroxylation is 1. The minimum absolute atomic E-state index is 0.170. The molecule has 20 heteroatoms. The number of hydrogen-bond donors (Lipinski definition) is 5. The van der Waals surface area contributed by atoms with Crippen molar-refractivity contribution in [2.45, 2.75) is 216 Å². The Hall–Kier alpha value is -2.73. The van der Waals surface area contributed by atoms with E-state index in [4.69, 9.17) is 23.7 Å². The molecule has 73 heavy (non-hydrogen) atoms. The van der Waals surface area contributed by atoms with Gasteiger partial charge in [-0.1, -0.05) is 45.0 Å². The number of ether oxygens (including phenoxy) is 5. The van der Waals surface area contributed by atoms with Crippen molar-refractivity contribution < 1.29 is 66.8 Å². The van der Waals surface area contributed by atoms with Gasteiger partial charge in [-0.3, -0.25) is 4.79 Å². The third-order valence-corrected chi connectivity index (χ3v) is 17.8. The van der Waals surface area contributed by atoms with Gasteiger partial charge in [0.25, 0.3) is 0 Å². The molecule has 19 atom stereocenters. The molecule has 3 saturated heterocycles. The number of alkyl halides is 1.